The van der Waals surface area contributed by atoms with E-state index in [9.17, 15) is 35.1 Å². The second kappa shape index (κ2) is 3.50. The second-order valence-electron chi connectivity index (χ2n) is 4.93. The van der Waals surface area contributed by atoms with Crippen molar-refractivity contribution in [1.29, 1.82) is 0 Å². The fraction of sp³-hybridized carbons (Fsp3) is 1.00. The van der Waals surface area contributed by atoms with Crippen molar-refractivity contribution in [2.45, 2.75) is 55.3 Å². The van der Waals surface area contributed by atoms with Crippen molar-refractivity contribution in [3.05, 3.63) is 0 Å². The summed E-state index contributed by atoms with van der Waals surface area (Å²) in [7, 11) is 0. The summed E-state index contributed by atoms with van der Waals surface area (Å²) in [5.74, 6) is -19.0. The largest absolute Gasteiger partial charge is 0.378 e. The summed E-state index contributed by atoms with van der Waals surface area (Å²) in [6, 6.07) is 0. The predicted molar refractivity (Wildman–Crippen MR) is 45.5 cm³/mol. The molecule has 0 saturated heterocycles. The molecule has 2 aliphatic rings. The van der Waals surface area contributed by atoms with Crippen LogP contribution in [0.15, 0.2) is 0 Å². The molecule has 0 radical (unpaired) electrons. The first-order valence-electron chi connectivity index (χ1n) is 5.45. The van der Waals surface area contributed by atoms with Gasteiger partial charge in [0.2, 0.25) is 0 Å². The maximum Gasteiger partial charge on any atom is 0.378 e. The molecule has 2 aliphatic carbocycles. The maximum atomic E-state index is 14.1. The molecule has 0 aromatic rings. The van der Waals surface area contributed by atoms with Crippen molar-refractivity contribution in [3.63, 3.8) is 0 Å². The van der Waals surface area contributed by atoms with Crippen LogP contribution in [0.4, 0.5) is 35.1 Å². The first-order chi connectivity index (χ1) is 7.98. The zero-order valence-corrected chi connectivity index (χ0v) is 9.01. The van der Waals surface area contributed by atoms with Gasteiger partial charge in [-0.25, -0.2) is 8.78 Å². The van der Waals surface area contributed by atoms with Gasteiger partial charge in [0.25, 0.3) is 0 Å². The summed E-state index contributed by atoms with van der Waals surface area (Å²) in [6.45, 7) is 0. The molecule has 0 spiro atoms. The second-order valence-corrected chi connectivity index (χ2v) is 4.93. The van der Waals surface area contributed by atoms with Gasteiger partial charge in [-0.2, -0.15) is 26.3 Å². The summed E-state index contributed by atoms with van der Waals surface area (Å²) in [6.07, 6.45) is -6.18. The Kier molecular flexibility index (Phi) is 2.70. The molecule has 0 aromatic heterocycles. The van der Waals surface area contributed by atoms with E-state index in [2.05, 4.69) is 0 Å². The number of halogens is 8. The highest BCUT2D eigenvalue weighted by Crippen LogP contribution is 2.63. The first kappa shape index (κ1) is 13.9. The Balaban J connectivity index is 2.59. The zero-order chi connectivity index (χ0) is 14.0. The fourth-order valence-electron chi connectivity index (χ4n) is 2.82. The molecule has 0 nitrogen and oxygen atoms in total. The highest BCUT2D eigenvalue weighted by molar-refractivity contribution is 5.16. The van der Waals surface area contributed by atoms with Gasteiger partial charge in [0.05, 0.1) is 0 Å². The molecule has 0 aliphatic heterocycles. The third kappa shape index (κ3) is 1.32. The van der Waals surface area contributed by atoms with Gasteiger partial charge >= 0.3 is 17.8 Å². The minimum absolute atomic E-state index is 0.148. The van der Waals surface area contributed by atoms with Gasteiger partial charge < -0.3 is 0 Å². The van der Waals surface area contributed by atoms with E-state index in [-0.39, 0.29) is 12.8 Å². The molecule has 0 bridgehead atoms. The van der Waals surface area contributed by atoms with Crippen LogP contribution in [0.25, 0.3) is 0 Å². The molecule has 8 heteroatoms. The van der Waals surface area contributed by atoms with Crippen LogP contribution in [0, 0.1) is 5.92 Å². The lowest BCUT2D eigenvalue weighted by molar-refractivity contribution is -0.347. The SMILES string of the molecule is FC1CC2CCCC2(F)C(F)(F)C(F)(F)C1(F)F. The normalized spacial score (nSPS) is 45.3. The van der Waals surface area contributed by atoms with Crippen LogP contribution >= 0.6 is 0 Å². The van der Waals surface area contributed by atoms with E-state index >= 15 is 0 Å². The van der Waals surface area contributed by atoms with Crippen LogP contribution in [-0.2, 0) is 0 Å². The molecule has 0 aromatic carbocycles. The van der Waals surface area contributed by atoms with Crippen LogP contribution in [0.2, 0.25) is 0 Å². The number of fused-ring (bicyclic) bond motifs is 1. The topological polar surface area (TPSA) is 0 Å². The van der Waals surface area contributed by atoms with Gasteiger partial charge in [-0.05, 0) is 25.7 Å². The van der Waals surface area contributed by atoms with Crippen LogP contribution in [0.1, 0.15) is 25.7 Å². The monoisotopic (exact) mass is 282 g/mol. The third-order valence-corrected chi connectivity index (χ3v) is 3.96. The molecule has 106 valence electrons. The van der Waals surface area contributed by atoms with Crippen molar-refractivity contribution < 1.29 is 35.1 Å². The maximum absolute atomic E-state index is 14.1. The average Bonchev–Trinajstić information content (AvgIpc) is 2.59. The molecule has 2 rings (SSSR count). The van der Waals surface area contributed by atoms with Gasteiger partial charge in [-0.3, -0.25) is 0 Å². The third-order valence-electron chi connectivity index (χ3n) is 3.96. The lowest BCUT2D eigenvalue weighted by Gasteiger charge is -2.38. The summed E-state index contributed by atoms with van der Waals surface area (Å²) in [4.78, 5) is 0. The Hall–Kier alpha value is -0.560. The van der Waals surface area contributed by atoms with Crippen molar-refractivity contribution in [3.8, 4) is 0 Å². The van der Waals surface area contributed by atoms with E-state index in [4.69, 9.17) is 0 Å². The molecule has 2 fully saturated rings. The Morgan fingerprint density at radius 3 is 1.94 bits per heavy atom. The minimum atomic E-state index is -6.03. The molecular weight excluding hydrogens is 272 g/mol. The van der Waals surface area contributed by atoms with Gasteiger partial charge in [0.1, 0.15) is 0 Å². The van der Waals surface area contributed by atoms with Crippen molar-refractivity contribution >= 4 is 0 Å². The molecular formula is C10H10F8. The van der Waals surface area contributed by atoms with E-state index < -0.39 is 48.4 Å². The number of hydrogen-bond donors (Lipinski definition) is 0. The molecule has 0 N–H and O–H groups in total. The summed E-state index contributed by atoms with van der Waals surface area (Å²) in [5.41, 5.74) is -3.76. The zero-order valence-electron chi connectivity index (χ0n) is 9.01. The number of hydrogen-bond acceptors (Lipinski definition) is 0. The van der Waals surface area contributed by atoms with E-state index in [1.807, 2.05) is 0 Å². The quantitative estimate of drug-likeness (QED) is 0.586. The van der Waals surface area contributed by atoms with E-state index in [0.717, 1.165) is 0 Å². The van der Waals surface area contributed by atoms with Gasteiger partial charge in [-0.1, -0.05) is 0 Å². The molecule has 3 atom stereocenters. The van der Waals surface area contributed by atoms with Gasteiger partial charge in [-0.15, -0.1) is 0 Å². The van der Waals surface area contributed by atoms with Crippen molar-refractivity contribution in [1.82, 2.24) is 0 Å². The lowest BCUT2D eigenvalue weighted by Crippen LogP contribution is -2.63. The van der Waals surface area contributed by atoms with E-state index in [0.29, 0.717) is 0 Å². The van der Waals surface area contributed by atoms with Crippen LogP contribution < -0.4 is 0 Å². The summed E-state index contributed by atoms with van der Waals surface area (Å²) in [5, 5.41) is 0. The number of rotatable bonds is 0. The van der Waals surface area contributed by atoms with Crippen molar-refractivity contribution in [2.24, 2.45) is 5.92 Å². The predicted octanol–water partition coefficient (Wildman–Crippen LogP) is 4.14. The van der Waals surface area contributed by atoms with E-state index in [1.165, 1.54) is 0 Å². The Morgan fingerprint density at radius 1 is 0.833 bits per heavy atom. The number of alkyl halides is 8. The van der Waals surface area contributed by atoms with Crippen molar-refractivity contribution in [2.75, 3.05) is 0 Å². The van der Waals surface area contributed by atoms with Gasteiger partial charge in [0, 0.05) is 5.92 Å². The summed E-state index contributed by atoms with van der Waals surface area (Å²) < 4.78 is 107. The summed E-state index contributed by atoms with van der Waals surface area (Å²) >= 11 is 0. The highest BCUT2D eigenvalue weighted by Gasteiger charge is 2.84. The highest BCUT2D eigenvalue weighted by atomic mass is 19.4. The standard InChI is InChI=1S/C10H10F8/c11-6-4-5-2-1-3-7(5,12)9(15,16)10(17,18)8(6,13)14/h5-6H,1-4H2. The van der Waals surface area contributed by atoms with Crippen LogP contribution in [-0.4, -0.2) is 29.6 Å². The Bertz CT molecular complexity index is 352. The molecule has 0 heterocycles. The molecule has 2 saturated carbocycles. The van der Waals surface area contributed by atoms with Gasteiger partial charge in [0.15, 0.2) is 11.8 Å². The smallest absolute Gasteiger partial charge is 0.241 e. The molecule has 18 heavy (non-hydrogen) atoms. The first-order valence-corrected chi connectivity index (χ1v) is 5.45. The Morgan fingerprint density at radius 2 is 1.39 bits per heavy atom. The minimum Gasteiger partial charge on any atom is -0.241 e. The average molecular weight is 282 g/mol. The van der Waals surface area contributed by atoms with Crippen LogP contribution in [0.5, 0.6) is 0 Å². The Labute approximate surface area is 97.3 Å². The van der Waals surface area contributed by atoms with E-state index in [1.54, 1.807) is 0 Å². The lowest BCUT2D eigenvalue weighted by atomic mass is 9.84. The fourth-order valence-corrected chi connectivity index (χ4v) is 2.82. The van der Waals surface area contributed by atoms with Crippen LogP contribution in [0.3, 0.4) is 0 Å². The molecule has 0 amide bonds. The molecule has 3 unspecified atom stereocenters.